The zero-order valence-corrected chi connectivity index (χ0v) is 27.0. The summed E-state index contributed by atoms with van der Waals surface area (Å²) >= 11 is 0. The second-order valence-corrected chi connectivity index (χ2v) is 12.3. The number of pyridine rings is 1. The van der Waals surface area contributed by atoms with Crippen molar-refractivity contribution in [3.05, 3.63) is 75.6 Å². The lowest BCUT2D eigenvalue weighted by Gasteiger charge is -2.41. The van der Waals surface area contributed by atoms with Crippen molar-refractivity contribution in [3.63, 3.8) is 0 Å². The lowest BCUT2D eigenvalue weighted by atomic mass is 10.1. The van der Waals surface area contributed by atoms with Gasteiger partial charge in [-0.2, -0.15) is 0 Å². The molecule has 49 heavy (non-hydrogen) atoms. The number of hydrogen-bond acceptors (Lipinski definition) is 10. The van der Waals surface area contributed by atoms with Crippen molar-refractivity contribution in [2.75, 3.05) is 43.7 Å². The molecule has 0 radical (unpaired) electrons. The van der Waals surface area contributed by atoms with Crippen molar-refractivity contribution >= 4 is 45.8 Å². The monoisotopic (exact) mass is 672 g/mol. The molecule has 0 bridgehead atoms. The third kappa shape index (κ3) is 5.52. The van der Waals surface area contributed by atoms with Crippen LogP contribution in [0.15, 0.2) is 52.7 Å². The number of rotatable bonds is 9. The first-order valence-electron chi connectivity index (χ1n) is 15.8. The standard InChI is InChI=1S/C33H33FN8O7/c1-18-13-38(29-24(34)12-22-28(31(29)48-2)41(20-8-9-20)16-23(30(22)44)33(46)47)10-11-40(18)26(43)17-39-14-19(35-37-39)15-42-25-7-5-4-6-21(25)27(32(42)45)36-49-3/h4-7,12,14,16,18,20H,8-11,13,15,17H2,1-3H3,(H,46,47)/b36-27+. The molecule has 1 atom stereocenters. The van der Waals surface area contributed by atoms with Crippen LogP contribution in [0, 0.1) is 5.82 Å². The van der Waals surface area contributed by atoms with Gasteiger partial charge in [-0.3, -0.25) is 14.4 Å². The second-order valence-electron chi connectivity index (χ2n) is 12.3. The van der Waals surface area contributed by atoms with Gasteiger partial charge in [0, 0.05) is 43.5 Å². The highest BCUT2D eigenvalue weighted by Crippen LogP contribution is 2.44. The first-order valence-corrected chi connectivity index (χ1v) is 15.8. The van der Waals surface area contributed by atoms with Gasteiger partial charge < -0.3 is 33.9 Å². The lowest BCUT2D eigenvalue weighted by molar-refractivity contribution is -0.134. The number of ether oxygens (including phenoxy) is 1. The van der Waals surface area contributed by atoms with Gasteiger partial charge in [0.05, 0.1) is 36.4 Å². The van der Waals surface area contributed by atoms with Gasteiger partial charge >= 0.3 is 5.97 Å². The van der Waals surface area contributed by atoms with Crippen molar-refractivity contribution in [2.45, 2.75) is 44.9 Å². The first-order chi connectivity index (χ1) is 23.6. The van der Waals surface area contributed by atoms with Crippen LogP contribution in [0.25, 0.3) is 10.9 Å². The van der Waals surface area contributed by atoms with Crippen LogP contribution in [0.1, 0.15) is 47.4 Å². The second kappa shape index (κ2) is 12.3. The number of aromatic nitrogens is 4. The highest BCUT2D eigenvalue weighted by atomic mass is 19.1. The lowest BCUT2D eigenvalue weighted by Crippen LogP contribution is -2.55. The van der Waals surface area contributed by atoms with Crippen molar-refractivity contribution in [1.29, 1.82) is 0 Å². The van der Waals surface area contributed by atoms with Gasteiger partial charge in [0.15, 0.2) is 17.3 Å². The van der Waals surface area contributed by atoms with Crippen LogP contribution in [0.2, 0.25) is 0 Å². The largest absolute Gasteiger partial charge is 0.492 e. The molecule has 7 rings (SSSR count). The fraction of sp³-hybridized carbons (Fsp3) is 0.364. The normalized spacial score (nSPS) is 18.4. The third-order valence-electron chi connectivity index (χ3n) is 9.12. The van der Waals surface area contributed by atoms with Crippen LogP contribution in [0.5, 0.6) is 5.75 Å². The molecule has 4 aromatic rings. The average molecular weight is 673 g/mol. The van der Waals surface area contributed by atoms with Crippen LogP contribution >= 0.6 is 0 Å². The molecule has 254 valence electrons. The fourth-order valence-corrected chi connectivity index (χ4v) is 6.73. The summed E-state index contributed by atoms with van der Waals surface area (Å²) in [6, 6.07) is 7.96. The Balaban J connectivity index is 1.07. The van der Waals surface area contributed by atoms with Crippen LogP contribution < -0.4 is 20.0 Å². The van der Waals surface area contributed by atoms with E-state index in [1.165, 1.54) is 30.0 Å². The summed E-state index contributed by atoms with van der Waals surface area (Å²) in [5, 5.41) is 21.7. The molecule has 1 unspecified atom stereocenters. The van der Waals surface area contributed by atoms with Crippen molar-refractivity contribution < 1.29 is 33.5 Å². The van der Waals surface area contributed by atoms with E-state index < -0.39 is 22.8 Å². The summed E-state index contributed by atoms with van der Waals surface area (Å²) in [5.74, 6) is -2.48. The predicted octanol–water partition coefficient (Wildman–Crippen LogP) is 2.41. The van der Waals surface area contributed by atoms with E-state index in [1.54, 1.807) is 32.7 Å². The number of carbonyl (C=O) groups is 3. The Hall–Kier alpha value is -5.80. The van der Waals surface area contributed by atoms with E-state index in [9.17, 15) is 24.3 Å². The number of anilines is 2. The van der Waals surface area contributed by atoms with Crippen LogP contribution in [-0.2, 0) is 27.5 Å². The predicted molar refractivity (Wildman–Crippen MR) is 175 cm³/mol. The van der Waals surface area contributed by atoms with E-state index in [4.69, 9.17) is 9.57 Å². The Morgan fingerprint density at radius 2 is 1.90 bits per heavy atom. The van der Waals surface area contributed by atoms with Gasteiger partial charge in [-0.05, 0) is 31.9 Å². The highest BCUT2D eigenvalue weighted by molar-refractivity contribution is 6.54. The minimum absolute atomic E-state index is 0.0206. The SMILES string of the molecule is CO/N=C1/C(=O)N(Cc2cn(CC(=O)N3CCN(c4c(F)cc5c(=O)c(C(=O)O)cn(C6CC6)c5c4OC)CC3C)nn2)c2ccccc21. The number of methoxy groups -OCH3 is 1. The van der Waals surface area contributed by atoms with Crippen molar-refractivity contribution in [1.82, 2.24) is 24.5 Å². The molecule has 0 spiro atoms. The molecule has 16 heteroatoms. The molecule has 1 N–H and O–H groups in total. The van der Waals surface area contributed by atoms with Gasteiger partial charge in [0.1, 0.15) is 30.6 Å². The van der Waals surface area contributed by atoms with Crippen molar-refractivity contribution in [3.8, 4) is 5.75 Å². The number of aromatic carboxylic acids is 1. The van der Waals surface area contributed by atoms with Crippen LogP contribution in [0.3, 0.4) is 0 Å². The molecule has 15 nitrogen and oxygen atoms in total. The van der Waals surface area contributed by atoms with E-state index in [2.05, 4.69) is 15.5 Å². The fourth-order valence-electron chi connectivity index (χ4n) is 6.73. The number of halogens is 1. The minimum Gasteiger partial charge on any atom is -0.492 e. The number of nitrogens with zero attached hydrogens (tertiary/aromatic N) is 8. The molecule has 4 heterocycles. The molecular formula is C33H33FN8O7. The van der Waals surface area contributed by atoms with E-state index >= 15 is 4.39 Å². The quantitative estimate of drug-likeness (QED) is 0.261. The number of para-hydroxylation sites is 1. The number of carbonyl (C=O) groups excluding carboxylic acids is 2. The Kier molecular flexibility index (Phi) is 8.00. The molecule has 3 aliphatic rings. The number of amides is 2. The molecule has 2 aromatic carbocycles. The zero-order valence-electron chi connectivity index (χ0n) is 27.0. The molecule has 2 aliphatic heterocycles. The molecular weight excluding hydrogens is 639 g/mol. The zero-order chi connectivity index (χ0) is 34.6. The van der Waals surface area contributed by atoms with E-state index in [0.717, 1.165) is 18.9 Å². The maximum absolute atomic E-state index is 15.8. The number of piperazine rings is 1. The topological polar surface area (TPSA) is 165 Å². The Morgan fingerprint density at radius 1 is 1.12 bits per heavy atom. The number of carboxylic acids is 1. The van der Waals surface area contributed by atoms with Gasteiger partial charge in [-0.1, -0.05) is 28.6 Å². The molecule has 2 amide bonds. The summed E-state index contributed by atoms with van der Waals surface area (Å²) in [6.45, 7) is 2.71. The van der Waals surface area contributed by atoms with E-state index in [0.29, 0.717) is 22.5 Å². The Labute approximate surface area is 278 Å². The maximum atomic E-state index is 15.8. The van der Waals surface area contributed by atoms with Gasteiger partial charge in [0.2, 0.25) is 11.3 Å². The maximum Gasteiger partial charge on any atom is 0.341 e. The van der Waals surface area contributed by atoms with Gasteiger partial charge in [-0.25, -0.2) is 13.9 Å². The molecule has 2 aromatic heterocycles. The van der Waals surface area contributed by atoms with E-state index in [1.807, 2.05) is 19.1 Å². The molecule has 2 fully saturated rings. The number of fused-ring (bicyclic) bond motifs is 2. The Bertz CT molecular complexity index is 2110. The van der Waals surface area contributed by atoms with Crippen molar-refractivity contribution in [2.24, 2.45) is 5.16 Å². The number of hydrogen-bond donors (Lipinski definition) is 1. The number of oxime groups is 1. The molecule has 1 saturated carbocycles. The summed E-state index contributed by atoms with van der Waals surface area (Å²) in [5.41, 5.74) is 1.30. The summed E-state index contributed by atoms with van der Waals surface area (Å²) in [4.78, 5) is 61.3. The summed E-state index contributed by atoms with van der Waals surface area (Å²) in [6.07, 6.45) is 4.53. The Morgan fingerprint density at radius 3 is 2.59 bits per heavy atom. The third-order valence-corrected chi connectivity index (χ3v) is 9.12. The number of carboxylic acid groups (broad SMARTS) is 1. The smallest absolute Gasteiger partial charge is 0.341 e. The minimum atomic E-state index is -1.37. The van der Waals surface area contributed by atoms with Crippen LogP contribution in [-0.4, -0.2) is 93.0 Å². The van der Waals surface area contributed by atoms with Gasteiger partial charge in [0.25, 0.3) is 5.91 Å². The van der Waals surface area contributed by atoms with Gasteiger partial charge in [-0.15, -0.1) is 5.10 Å². The molecule has 1 aliphatic carbocycles. The summed E-state index contributed by atoms with van der Waals surface area (Å²) in [7, 11) is 2.77. The highest BCUT2D eigenvalue weighted by Gasteiger charge is 2.36. The number of benzene rings is 2. The average Bonchev–Trinajstić information content (AvgIpc) is 3.78. The van der Waals surface area contributed by atoms with E-state index in [-0.39, 0.29) is 79.2 Å². The first kappa shape index (κ1) is 31.8. The summed E-state index contributed by atoms with van der Waals surface area (Å²) < 4.78 is 24.7. The molecule has 1 saturated heterocycles. The van der Waals surface area contributed by atoms with Crippen LogP contribution in [0.4, 0.5) is 15.8 Å².